The lowest BCUT2D eigenvalue weighted by molar-refractivity contribution is 0.0690. The van der Waals surface area contributed by atoms with Crippen LogP contribution in [0, 0.1) is 6.92 Å². The van der Waals surface area contributed by atoms with E-state index in [1.165, 1.54) is 10.6 Å². The summed E-state index contributed by atoms with van der Waals surface area (Å²) in [5.74, 6) is -0.259. The summed E-state index contributed by atoms with van der Waals surface area (Å²) in [6.45, 7) is 1.77. The normalized spacial score (nSPS) is 10.8. The summed E-state index contributed by atoms with van der Waals surface area (Å²) < 4.78 is 1.54. The minimum Gasteiger partial charge on any atom is -0.477 e. The molecule has 2 aromatic heterocycles. The third-order valence-electron chi connectivity index (χ3n) is 2.74. The largest absolute Gasteiger partial charge is 0.477 e. The number of rotatable bonds is 2. The van der Waals surface area contributed by atoms with Crippen LogP contribution in [0.3, 0.4) is 0 Å². The predicted molar refractivity (Wildman–Crippen MR) is 67.9 cm³/mol. The standard InChI is InChI=1S/C13H10N4O2/c1-8-7-10(12(18)19)14-13-15-11(16-17(8)13)9-5-3-2-4-6-9/h2-7H,1H3,(H,18,19). The van der Waals surface area contributed by atoms with E-state index in [1.807, 2.05) is 30.3 Å². The molecule has 3 aromatic rings. The Bertz CT molecular complexity index is 765. The van der Waals surface area contributed by atoms with E-state index in [0.29, 0.717) is 11.5 Å². The van der Waals surface area contributed by atoms with E-state index in [9.17, 15) is 4.79 Å². The van der Waals surface area contributed by atoms with Gasteiger partial charge in [-0.3, -0.25) is 0 Å². The number of fused-ring (bicyclic) bond motifs is 1. The van der Waals surface area contributed by atoms with Crippen molar-refractivity contribution in [3.63, 3.8) is 0 Å². The molecule has 94 valence electrons. The molecule has 6 heteroatoms. The third kappa shape index (κ3) is 1.93. The summed E-state index contributed by atoms with van der Waals surface area (Å²) in [7, 11) is 0. The Kier molecular flexibility index (Phi) is 2.49. The number of nitrogens with zero attached hydrogens (tertiary/aromatic N) is 4. The first kappa shape index (κ1) is 11.3. The predicted octanol–water partition coefficient (Wildman–Crippen LogP) is 1.80. The fourth-order valence-corrected chi connectivity index (χ4v) is 1.83. The van der Waals surface area contributed by atoms with Gasteiger partial charge in [0, 0.05) is 11.3 Å². The molecule has 0 spiro atoms. The number of carboxylic acids is 1. The van der Waals surface area contributed by atoms with Gasteiger partial charge in [-0.2, -0.15) is 4.98 Å². The monoisotopic (exact) mass is 254 g/mol. The van der Waals surface area contributed by atoms with Crippen LogP contribution in [0.2, 0.25) is 0 Å². The molecule has 0 saturated carbocycles. The molecular weight excluding hydrogens is 244 g/mol. The van der Waals surface area contributed by atoms with Gasteiger partial charge in [0.25, 0.3) is 5.78 Å². The number of aromatic carboxylic acids is 1. The molecule has 1 N–H and O–H groups in total. The Morgan fingerprint density at radius 3 is 2.63 bits per heavy atom. The maximum Gasteiger partial charge on any atom is 0.354 e. The number of aryl methyl sites for hydroxylation is 1. The molecule has 0 bridgehead atoms. The first-order chi connectivity index (χ1) is 9.15. The third-order valence-corrected chi connectivity index (χ3v) is 2.74. The number of aromatic nitrogens is 4. The second kappa shape index (κ2) is 4.16. The lowest BCUT2D eigenvalue weighted by Gasteiger charge is -1.98. The van der Waals surface area contributed by atoms with Crippen LogP contribution in [0.25, 0.3) is 17.2 Å². The van der Waals surface area contributed by atoms with Gasteiger partial charge in [-0.05, 0) is 13.0 Å². The molecule has 0 saturated heterocycles. The molecule has 19 heavy (non-hydrogen) atoms. The van der Waals surface area contributed by atoms with Crippen molar-refractivity contribution in [2.45, 2.75) is 6.92 Å². The number of carbonyl (C=O) groups is 1. The van der Waals surface area contributed by atoms with Gasteiger partial charge in [-0.15, -0.1) is 5.10 Å². The number of hydrogen-bond donors (Lipinski definition) is 1. The van der Waals surface area contributed by atoms with E-state index in [0.717, 1.165) is 5.56 Å². The van der Waals surface area contributed by atoms with Crippen LogP contribution in [0.4, 0.5) is 0 Å². The Hall–Kier alpha value is -2.76. The quantitative estimate of drug-likeness (QED) is 0.754. The molecule has 3 rings (SSSR count). The molecule has 0 fully saturated rings. The van der Waals surface area contributed by atoms with E-state index in [-0.39, 0.29) is 11.5 Å². The fraction of sp³-hybridized carbons (Fsp3) is 0.0769. The summed E-state index contributed by atoms with van der Waals surface area (Å²) in [6, 6.07) is 10.9. The van der Waals surface area contributed by atoms with Crippen LogP contribution in [0.1, 0.15) is 16.2 Å². The first-order valence-electron chi connectivity index (χ1n) is 5.68. The molecule has 0 unspecified atom stereocenters. The lowest BCUT2D eigenvalue weighted by atomic mass is 10.2. The summed E-state index contributed by atoms with van der Waals surface area (Å²) in [4.78, 5) is 19.2. The Morgan fingerprint density at radius 2 is 1.95 bits per heavy atom. The van der Waals surface area contributed by atoms with Gasteiger partial charge in [0.2, 0.25) is 0 Å². The highest BCUT2D eigenvalue weighted by Crippen LogP contribution is 2.16. The van der Waals surface area contributed by atoms with E-state index >= 15 is 0 Å². The van der Waals surface area contributed by atoms with Gasteiger partial charge >= 0.3 is 5.97 Å². The van der Waals surface area contributed by atoms with E-state index in [4.69, 9.17) is 5.11 Å². The van der Waals surface area contributed by atoms with Crippen molar-refractivity contribution in [1.29, 1.82) is 0 Å². The minimum absolute atomic E-state index is 0.0305. The van der Waals surface area contributed by atoms with Gasteiger partial charge < -0.3 is 5.11 Å². The van der Waals surface area contributed by atoms with Crippen LogP contribution in [0.15, 0.2) is 36.4 Å². The van der Waals surface area contributed by atoms with Crippen molar-refractivity contribution in [1.82, 2.24) is 19.6 Å². The maximum atomic E-state index is 11.0. The Balaban J connectivity index is 2.21. The number of hydrogen-bond acceptors (Lipinski definition) is 4. The Morgan fingerprint density at radius 1 is 1.21 bits per heavy atom. The van der Waals surface area contributed by atoms with Crippen LogP contribution < -0.4 is 0 Å². The summed E-state index contributed by atoms with van der Waals surface area (Å²) in [6.07, 6.45) is 0. The second-order valence-electron chi connectivity index (χ2n) is 4.10. The van der Waals surface area contributed by atoms with Gasteiger partial charge in [-0.25, -0.2) is 14.3 Å². The Labute approximate surface area is 108 Å². The highest BCUT2D eigenvalue weighted by atomic mass is 16.4. The summed E-state index contributed by atoms with van der Waals surface area (Å²) in [5, 5.41) is 13.3. The first-order valence-corrected chi connectivity index (χ1v) is 5.68. The molecule has 6 nitrogen and oxygen atoms in total. The van der Waals surface area contributed by atoms with Crippen molar-refractivity contribution in [2.75, 3.05) is 0 Å². The topological polar surface area (TPSA) is 80.4 Å². The van der Waals surface area contributed by atoms with Crippen LogP contribution >= 0.6 is 0 Å². The smallest absolute Gasteiger partial charge is 0.354 e. The molecular formula is C13H10N4O2. The molecule has 0 radical (unpaired) electrons. The summed E-state index contributed by atoms with van der Waals surface area (Å²) in [5.41, 5.74) is 1.51. The highest BCUT2D eigenvalue weighted by molar-refractivity contribution is 5.85. The van der Waals surface area contributed by atoms with Crippen molar-refractivity contribution in [3.8, 4) is 11.4 Å². The molecule has 2 heterocycles. The van der Waals surface area contributed by atoms with Gasteiger partial charge in [-0.1, -0.05) is 30.3 Å². The van der Waals surface area contributed by atoms with Crippen molar-refractivity contribution in [2.24, 2.45) is 0 Å². The zero-order valence-electron chi connectivity index (χ0n) is 10.1. The SMILES string of the molecule is Cc1cc(C(=O)O)nc2nc(-c3ccccc3)nn12. The van der Waals surface area contributed by atoms with Gasteiger partial charge in [0.1, 0.15) is 0 Å². The van der Waals surface area contributed by atoms with Crippen LogP contribution in [0.5, 0.6) is 0 Å². The van der Waals surface area contributed by atoms with Crippen LogP contribution in [-0.2, 0) is 0 Å². The summed E-state index contributed by atoms with van der Waals surface area (Å²) >= 11 is 0. The number of benzene rings is 1. The molecule has 1 aromatic carbocycles. The maximum absolute atomic E-state index is 11.0. The van der Waals surface area contributed by atoms with E-state index < -0.39 is 5.97 Å². The highest BCUT2D eigenvalue weighted by Gasteiger charge is 2.13. The minimum atomic E-state index is -1.07. The van der Waals surface area contributed by atoms with Gasteiger partial charge in [0.05, 0.1) is 0 Å². The van der Waals surface area contributed by atoms with E-state index in [1.54, 1.807) is 6.92 Å². The fourth-order valence-electron chi connectivity index (χ4n) is 1.83. The molecule has 0 aliphatic carbocycles. The second-order valence-corrected chi connectivity index (χ2v) is 4.10. The van der Waals surface area contributed by atoms with Gasteiger partial charge in [0.15, 0.2) is 11.5 Å². The van der Waals surface area contributed by atoms with Crippen molar-refractivity contribution in [3.05, 3.63) is 47.8 Å². The molecule has 0 amide bonds. The average Bonchev–Trinajstić information content (AvgIpc) is 2.84. The van der Waals surface area contributed by atoms with Crippen molar-refractivity contribution >= 4 is 11.7 Å². The molecule has 0 atom stereocenters. The van der Waals surface area contributed by atoms with Crippen molar-refractivity contribution < 1.29 is 9.90 Å². The number of carboxylic acid groups (broad SMARTS) is 1. The zero-order valence-corrected chi connectivity index (χ0v) is 10.1. The molecule has 0 aliphatic heterocycles. The van der Waals surface area contributed by atoms with Crippen LogP contribution in [-0.4, -0.2) is 30.7 Å². The zero-order chi connectivity index (χ0) is 13.4. The molecule has 0 aliphatic rings. The average molecular weight is 254 g/mol. The lowest BCUT2D eigenvalue weighted by Crippen LogP contribution is -2.05. The van der Waals surface area contributed by atoms with E-state index in [2.05, 4.69) is 15.1 Å².